The molecule has 496 valence electrons. The topological polar surface area (TPSA) is 425 Å². The lowest BCUT2D eigenvalue weighted by atomic mass is 9.83. The molecule has 2 fully saturated rings. The number of H-pyrrole nitrogens is 1. The van der Waals surface area contributed by atoms with Crippen LogP contribution in [-0.4, -0.2) is 213 Å². The number of aliphatic hydroxyl groups is 3. The van der Waals surface area contributed by atoms with Gasteiger partial charge in [0.25, 0.3) is 0 Å². The quantitative estimate of drug-likeness (QED) is 0.0235. The summed E-state index contributed by atoms with van der Waals surface area (Å²) in [5.41, 5.74) is 1.97. The van der Waals surface area contributed by atoms with Crippen molar-refractivity contribution in [3.63, 3.8) is 0 Å². The molecule has 3 aliphatic rings. The van der Waals surface area contributed by atoms with Crippen LogP contribution in [0.15, 0.2) is 53.6 Å². The molecule has 12 amide bonds. The molecule has 29 nitrogen and oxygen atoms in total. The Bertz CT molecular complexity index is 3150. The van der Waals surface area contributed by atoms with Crippen molar-refractivity contribution in [1.29, 1.82) is 0 Å². The molecule has 91 heavy (non-hydrogen) atoms. The van der Waals surface area contributed by atoms with E-state index in [2.05, 4.69) is 70.8 Å². The lowest BCUT2D eigenvalue weighted by Crippen LogP contribution is -2.56. The molecule has 3 aliphatic heterocycles. The summed E-state index contributed by atoms with van der Waals surface area (Å²) < 4.78 is 0. The zero-order valence-electron chi connectivity index (χ0n) is 51.3. The minimum absolute atomic E-state index is 0.0523. The Balaban J connectivity index is 1.12. The molecule has 12 atom stereocenters. The first kappa shape index (κ1) is 72.1. The summed E-state index contributed by atoms with van der Waals surface area (Å²) in [6.07, 6.45) is -1.06. The van der Waals surface area contributed by atoms with Crippen LogP contribution in [0.5, 0.6) is 0 Å². The average molecular weight is 1310 g/mol. The number of aldehydes is 1. The van der Waals surface area contributed by atoms with Crippen LogP contribution in [0.1, 0.15) is 83.8 Å². The van der Waals surface area contributed by atoms with Crippen LogP contribution in [0.4, 0.5) is 5.69 Å². The average Bonchev–Trinajstić information content (AvgIpc) is 1.84. The zero-order chi connectivity index (χ0) is 66.6. The number of amides is 12. The Morgan fingerprint density at radius 3 is 2.20 bits per heavy atom. The number of aromatic amines is 1. The highest BCUT2D eigenvalue weighted by Crippen LogP contribution is 2.33. The van der Waals surface area contributed by atoms with Crippen LogP contribution in [0.3, 0.4) is 0 Å². The van der Waals surface area contributed by atoms with Gasteiger partial charge < -0.3 is 83.2 Å². The molecule has 4 heterocycles. The van der Waals surface area contributed by atoms with E-state index in [0.29, 0.717) is 64.8 Å². The van der Waals surface area contributed by atoms with Crippen LogP contribution in [0.25, 0.3) is 10.9 Å². The summed E-state index contributed by atoms with van der Waals surface area (Å²) in [6.45, 7) is 4.34. The van der Waals surface area contributed by atoms with Gasteiger partial charge in [0.05, 0.1) is 61.2 Å². The molecule has 0 spiro atoms. The number of nitrogens with zero attached hydrogens (tertiary/aromatic N) is 2. The molecule has 1 aromatic heterocycles. The monoisotopic (exact) mass is 1310 g/mol. The number of aliphatic hydroxyl groups excluding tert-OH is 3. The summed E-state index contributed by atoms with van der Waals surface area (Å²) in [4.78, 5) is 178. The minimum Gasteiger partial charge on any atom is -0.394 e. The maximum atomic E-state index is 14.6. The first-order chi connectivity index (χ1) is 43.3. The summed E-state index contributed by atoms with van der Waals surface area (Å²) in [6, 6.07) is 6.71. The number of likely N-dealkylation sites (tertiary alicyclic amines) is 2. The largest absolute Gasteiger partial charge is 0.394 e. The van der Waals surface area contributed by atoms with E-state index in [9.17, 15) is 77.6 Å². The Morgan fingerprint density at radius 1 is 0.857 bits per heavy atom. The second kappa shape index (κ2) is 34.5. The van der Waals surface area contributed by atoms with Gasteiger partial charge in [-0.1, -0.05) is 57.5 Å². The molecule has 6 rings (SSSR count). The van der Waals surface area contributed by atoms with Gasteiger partial charge in [0.2, 0.25) is 70.9 Å². The van der Waals surface area contributed by atoms with E-state index in [1.165, 1.54) is 19.1 Å². The molecular formula is C60H83N13O16S2. The first-order valence-corrected chi connectivity index (χ1v) is 31.6. The Kier molecular flexibility index (Phi) is 27.3. The van der Waals surface area contributed by atoms with Gasteiger partial charge in [0, 0.05) is 73.2 Å². The Hall–Kier alpha value is -7.97. The lowest BCUT2D eigenvalue weighted by molar-refractivity contribution is -0.139. The van der Waals surface area contributed by atoms with Crippen molar-refractivity contribution >= 4 is 118 Å². The van der Waals surface area contributed by atoms with Crippen molar-refractivity contribution < 1.29 is 77.6 Å². The number of likely N-dealkylation sites (N-methyl/N-ethyl adjacent to an activating group) is 1. The molecule has 0 aliphatic carbocycles. The number of β-amino-alcohol motifs (C(OH)–C–C–N with tert-alkyl or cyclic N) is 1. The van der Waals surface area contributed by atoms with Gasteiger partial charge in [-0.2, -0.15) is 12.6 Å². The fourth-order valence-corrected chi connectivity index (χ4v) is 12.1. The van der Waals surface area contributed by atoms with E-state index in [-0.39, 0.29) is 50.6 Å². The van der Waals surface area contributed by atoms with Gasteiger partial charge in [-0.3, -0.25) is 62.4 Å². The number of para-hydroxylation sites is 1. The highest BCUT2D eigenvalue weighted by atomic mass is 32.2. The molecule has 0 radical (unpaired) electrons. The van der Waals surface area contributed by atoms with Crippen molar-refractivity contribution in [2.75, 3.05) is 57.4 Å². The minimum atomic E-state index is -1.45. The van der Waals surface area contributed by atoms with Gasteiger partial charge in [-0.15, -0.1) is 11.8 Å². The predicted octanol–water partition coefficient (Wildman–Crippen LogP) is -2.60. The highest BCUT2D eigenvalue weighted by molar-refractivity contribution is 7.99. The van der Waals surface area contributed by atoms with Gasteiger partial charge in [0.1, 0.15) is 30.5 Å². The number of carbonyl (C=O) groups excluding carboxylic acids is 13. The summed E-state index contributed by atoms with van der Waals surface area (Å²) in [7, 11) is 1.85. The number of anilines is 1. The van der Waals surface area contributed by atoms with E-state index in [0.717, 1.165) is 16.7 Å². The van der Waals surface area contributed by atoms with Crippen molar-refractivity contribution in [2.45, 2.75) is 144 Å². The molecule has 2 aromatic carbocycles. The van der Waals surface area contributed by atoms with Crippen molar-refractivity contribution in [1.82, 2.24) is 62.6 Å². The summed E-state index contributed by atoms with van der Waals surface area (Å²) in [5, 5.41) is 57.3. The van der Waals surface area contributed by atoms with E-state index >= 15 is 0 Å². The molecule has 2 saturated heterocycles. The van der Waals surface area contributed by atoms with Crippen LogP contribution in [0, 0.1) is 17.8 Å². The van der Waals surface area contributed by atoms with Gasteiger partial charge in [0.15, 0.2) is 0 Å². The molecule has 11 unspecified atom stereocenters. The van der Waals surface area contributed by atoms with Crippen LogP contribution >= 0.6 is 24.4 Å². The van der Waals surface area contributed by atoms with Gasteiger partial charge in [-0.05, 0) is 74.4 Å². The highest BCUT2D eigenvalue weighted by Gasteiger charge is 2.38. The SMILES string of the molecule is CCC(C)C1NC(=O)CNC(=O)C(NC(=O)C(CCC2CC(O)CN2C)C(C)C(O)CO)Cc2c([nH]c3ccccc23)SCC(C(=O)NC(C=O)CC(=O)NCc2ccc(NC(=O)[C@H](C)NC(=O)CNC(=O)CCN3C(=O)CC(S)C3=O)cc2)NC(=O)CNC1=O. The maximum Gasteiger partial charge on any atom is 0.246 e. The van der Waals surface area contributed by atoms with Gasteiger partial charge >= 0.3 is 0 Å². The molecule has 3 aromatic rings. The van der Waals surface area contributed by atoms with Crippen LogP contribution < -0.4 is 53.2 Å². The second-order valence-electron chi connectivity index (χ2n) is 23.2. The third-order valence-electron chi connectivity index (χ3n) is 16.4. The standard InChI is InChI=1S/C60H83N13O16S2/c1-6-31(2)53-58(88)64-25-50(81)68-44(57(87)67-36(28-74)19-48(79)61-23-34-11-13-35(14-12-34)66-54(84)33(4)65-49(80)24-62-47(78)17-18-73-52(83)22-46(90)60(73)89)30-91-59-41(40-9-7-8-10-42(40)70-59)21-43(56(86)63-26-51(82)71-53)69-55(85)39(32(3)45(77)29-75)16-15-37-20-38(76)27-72(37)5/h7-14,28,31-33,36-39,43-46,53,70,75-77,90H,6,15-27,29-30H2,1-5H3,(H,61,79)(H,62,78)(H,63,86)(H,64,88)(H,65,80)(H,66,84)(H,67,87)(H,68,81)(H,69,85)(H,71,82)/t31?,32?,33-,36?,37?,38?,39?,43?,44?,45?,46?,53?/m0/s1. The molecule has 0 saturated carbocycles. The van der Waals surface area contributed by atoms with Gasteiger partial charge in [-0.25, -0.2) is 0 Å². The number of carbonyl (C=O) groups is 13. The van der Waals surface area contributed by atoms with E-state index < -0.39 is 169 Å². The van der Waals surface area contributed by atoms with Crippen molar-refractivity contribution in [3.05, 3.63) is 59.7 Å². The first-order valence-electron chi connectivity index (χ1n) is 30.1. The fourth-order valence-electron chi connectivity index (χ4n) is 10.7. The normalized spacial score (nSPS) is 22.4. The number of hydrogen-bond acceptors (Lipinski definition) is 19. The summed E-state index contributed by atoms with van der Waals surface area (Å²) in [5.74, 6) is -10.6. The number of rotatable bonds is 25. The fraction of sp³-hybridized carbons (Fsp3) is 0.550. The van der Waals surface area contributed by atoms with E-state index in [4.69, 9.17) is 0 Å². The molecular weight excluding hydrogens is 1220 g/mol. The van der Waals surface area contributed by atoms with Crippen molar-refractivity contribution in [3.8, 4) is 0 Å². The van der Waals surface area contributed by atoms with Crippen molar-refractivity contribution in [2.24, 2.45) is 17.8 Å². The number of hydrogen-bond donors (Lipinski definition) is 15. The van der Waals surface area contributed by atoms with Crippen LogP contribution in [-0.2, 0) is 75.3 Å². The summed E-state index contributed by atoms with van der Waals surface area (Å²) >= 11 is 5.09. The van der Waals surface area contributed by atoms with Crippen LogP contribution in [0.2, 0.25) is 0 Å². The third-order valence-corrected chi connectivity index (χ3v) is 17.9. The number of aromatic nitrogens is 1. The molecule has 31 heteroatoms. The third kappa shape index (κ3) is 21.0. The number of thioether (sulfide) groups is 1. The number of imide groups is 1. The number of thiol groups is 1. The number of fused-ring (bicyclic) bond motifs is 3. The maximum absolute atomic E-state index is 14.6. The molecule has 0 bridgehead atoms. The van der Waals surface area contributed by atoms with E-state index in [1.54, 1.807) is 57.2 Å². The zero-order valence-corrected chi connectivity index (χ0v) is 53.0. The Morgan fingerprint density at radius 2 is 1.55 bits per heavy atom. The number of benzene rings is 2. The lowest BCUT2D eigenvalue weighted by Gasteiger charge is -2.30. The van der Waals surface area contributed by atoms with E-state index in [1.807, 2.05) is 11.9 Å². The smallest absolute Gasteiger partial charge is 0.246 e. The molecule has 14 N–H and O–H groups in total. The number of nitrogens with one attached hydrogen (secondary N) is 11. The predicted molar refractivity (Wildman–Crippen MR) is 335 cm³/mol. The Labute approximate surface area is 535 Å². The second-order valence-corrected chi connectivity index (χ2v) is 24.8.